The lowest BCUT2D eigenvalue weighted by atomic mass is 10.1. The van der Waals surface area contributed by atoms with Crippen LogP contribution in [0.5, 0.6) is 0 Å². The van der Waals surface area contributed by atoms with Crippen molar-refractivity contribution in [3.63, 3.8) is 0 Å². The van der Waals surface area contributed by atoms with E-state index >= 15 is 0 Å². The molecule has 0 spiro atoms. The first kappa shape index (κ1) is 12.6. The third kappa shape index (κ3) is 2.24. The summed E-state index contributed by atoms with van der Waals surface area (Å²) in [6, 6.07) is 11.7. The van der Waals surface area contributed by atoms with Crippen LogP contribution in [0.1, 0.15) is 22.5 Å². The summed E-state index contributed by atoms with van der Waals surface area (Å²) in [5.41, 5.74) is 4.02. The summed E-state index contributed by atoms with van der Waals surface area (Å²) in [5.74, 6) is 0. The van der Waals surface area contributed by atoms with E-state index < -0.39 is 0 Å². The maximum atomic E-state index is 9.26. The van der Waals surface area contributed by atoms with E-state index in [9.17, 15) is 5.26 Å². The van der Waals surface area contributed by atoms with Crippen LogP contribution in [0, 0.1) is 18.3 Å². The minimum atomic E-state index is 0.528. The van der Waals surface area contributed by atoms with Crippen LogP contribution >= 0.6 is 11.6 Å². The average molecular weight is 283 g/mol. The number of aromatic nitrogens is 3. The third-order valence-corrected chi connectivity index (χ3v) is 3.32. The Morgan fingerprint density at radius 2 is 2.20 bits per heavy atom. The van der Waals surface area contributed by atoms with Gasteiger partial charge in [0.25, 0.3) is 0 Å². The second-order valence-corrected chi connectivity index (χ2v) is 5.03. The van der Waals surface area contributed by atoms with Crippen LogP contribution in [0.3, 0.4) is 0 Å². The molecule has 0 N–H and O–H groups in total. The maximum Gasteiger partial charge on any atom is 0.155 e. The Morgan fingerprint density at radius 1 is 1.35 bits per heavy atom. The van der Waals surface area contributed by atoms with Crippen molar-refractivity contribution in [2.45, 2.75) is 13.3 Å². The van der Waals surface area contributed by atoms with Gasteiger partial charge in [0.1, 0.15) is 6.07 Å². The van der Waals surface area contributed by atoms with Gasteiger partial charge < -0.3 is 0 Å². The van der Waals surface area contributed by atoms with E-state index in [1.165, 1.54) is 0 Å². The second-order valence-electron chi connectivity index (χ2n) is 4.59. The fourth-order valence-electron chi connectivity index (χ4n) is 2.20. The van der Waals surface area contributed by atoms with Gasteiger partial charge in [-0.15, -0.1) is 0 Å². The van der Waals surface area contributed by atoms with Crippen molar-refractivity contribution in [1.29, 1.82) is 5.26 Å². The first-order chi connectivity index (χ1) is 9.67. The van der Waals surface area contributed by atoms with Gasteiger partial charge in [0.15, 0.2) is 5.65 Å². The predicted molar refractivity (Wildman–Crippen MR) is 76.7 cm³/mol. The van der Waals surface area contributed by atoms with Crippen molar-refractivity contribution in [1.82, 2.24) is 14.6 Å². The lowest BCUT2D eigenvalue weighted by molar-refractivity contribution is 0.844. The summed E-state index contributed by atoms with van der Waals surface area (Å²) in [7, 11) is 0. The molecule has 2 aromatic heterocycles. The molecule has 1 aromatic carbocycles. The molecule has 2 heterocycles. The van der Waals surface area contributed by atoms with Gasteiger partial charge in [0, 0.05) is 23.7 Å². The highest BCUT2D eigenvalue weighted by Crippen LogP contribution is 2.18. The average Bonchev–Trinajstić information content (AvgIpc) is 2.80. The van der Waals surface area contributed by atoms with E-state index in [1.807, 2.05) is 37.3 Å². The van der Waals surface area contributed by atoms with Crippen molar-refractivity contribution in [3.8, 4) is 6.07 Å². The van der Waals surface area contributed by atoms with Gasteiger partial charge in [0.2, 0.25) is 0 Å². The first-order valence-corrected chi connectivity index (χ1v) is 6.54. The van der Waals surface area contributed by atoms with Crippen LogP contribution in [0.15, 0.2) is 36.5 Å². The molecular weight excluding hydrogens is 272 g/mol. The Kier molecular flexibility index (Phi) is 3.13. The Hall–Kier alpha value is -2.38. The Morgan fingerprint density at radius 3 is 2.95 bits per heavy atom. The maximum absolute atomic E-state index is 9.26. The highest BCUT2D eigenvalue weighted by atomic mass is 35.5. The summed E-state index contributed by atoms with van der Waals surface area (Å²) >= 11 is 6.01. The molecule has 98 valence electrons. The number of hydrogen-bond donors (Lipinski definition) is 0. The van der Waals surface area contributed by atoms with Crippen LogP contribution in [-0.2, 0) is 6.42 Å². The molecule has 0 atom stereocenters. The standard InChI is InChI=1S/C15H11ClN4/c1-10-5-15-18-9-12(8-17)14(20(15)19-10)7-11-3-2-4-13(16)6-11/h2-6,9H,7H2,1H3. The molecule has 0 amide bonds. The minimum absolute atomic E-state index is 0.528. The number of hydrogen-bond acceptors (Lipinski definition) is 3. The number of nitriles is 1. The van der Waals surface area contributed by atoms with Crippen LogP contribution in [-0.4, -0.2) is 14.6 Å². The lowest BCUT2D eigenvalue weighted by Crippen LogP contribution is -2.05. The van der Waals surface area contributed by atoms with Crippen molar-refractivity contribution in [3.05, 3.63) is 64.1 Å². The molecule has 20 heavy (non-hydrogen) atoms. The molecule has 0 aliphatic heterocycles. The fourth-order valence-corrected chi connectivity index (χ4v) is 2.41. The Balaban J connectivity index is 2.16. The van der Waals surface area contributed by atoms with E-state index in [4.69, 9.17) is 11.6 Å². The lowest BCUT2D eigenvalue weighted by Gasteiger charge is -2.07. The van der Waals surface area contributed by atoms with Gasteiger partial charge in [-0.25, -0.2) is 9.50 Å². The molecule has 0 saturated heterocycles. The molecule has 0 aliphatic rings. The largest absolute Gasteiger partial charge is 0.236 e. The number of benzene rings is 1. The van der Waals surface area contributed by atoms with Crippen LogP contribution in [0.25, 0.3) is 5.65 Å². The van der Waals surface area contributed by atoms with Gasteiger partial charge in [-0.3, -0.25) is 0 Å². The number of aryl methyl sites for hydroxylation is 1. The number of nitrogens with zero attached hydrogens (tertiary/aromatic N) is 4. The predicted octanol–water partition coefficient (Wildman–Crippen LogP) is 3.15. The topological polar surface area (TPSA) is 54.0 Å². The first-order valence-electron chi connectivity index (χ1n) is 6.16. The van der Waals surface area contributed by atoms with Gasteiger partial charge in [0.05, 0.1) is 17.0 Å². The molecular formula is C15H11ClN4. The summed E-state index contributed by atoms with van der Waals surface area (Å²) in [4.78, 5) is 4.24. The van der Waals surface area contributed by atoms with Crippen molar-refractivity contribution < 1.29 is 0 Å². The van der Waals surface area contributed by atoms with Gasteiger partial charge >= 0.3 is 0 Å². The molecule has 4 nitrogen and oxygen atoms in total. The van der Waals surface area contributed by atoms with Gasteiger partial charge in [-0.2, -0.15) is 10.4 Å². The summed E-state index contributed by atoms with van der Waals surface area (Å²) < 4.78 is 1.73. The zero-order chi connectivity index (χ0) is 14.1. The van der Waals surface area contributed by atoms with E-state index in [2.05, 4.69) is 16.2 Å². The molecule has 5 heteroatoms. The van der Waals surface area contributed by atoms with E-state index in [0.717, 1.165) is 22.6 Å². The molecule has 3 rings (SSSR count). The monoisotopic (exact) mass is 282 g/mol. The molecule has 0 fully saturated rings. The molecule has 0 bridgehead atoms. The Bertz CT molecular complexity index is 829. The Labute approximate surface area is 121 Å². The van der Waals surface area contributed by atoms with E-state index in [1.54, 1.807) is 10.7 Å². The van der Waals surface area contributed by atoms with Crippen LogP contribution in [0.4, 0.5) is 0 Å². The zero-order valence-electron chi connectivity index (χ0n) is 10.8. The molecule has 0 aliphatic carbocycles. The zero-order valence-corrected chi connectivity index (χ0v) is 11.6. The van der Waals surface area contributed by atoms with Gasteiger partial charge in [-0.1, -0.05) is 23.7 Å². The van der Waals surface area contributed by atoms with Crippen LogP contribution in [0.2, 0.25) is 5.02 Å². The number of rotatable bonds is 2. The summed E-state index contributed by atoms with van der Waals surface area (Å²) in [6.07, 6.45) is 2.18. The second kappa shape index (κ2) is 4.95. The summed E-state index contributed by atoms with van der Waals surface area (Å²) in [6.45, 7) is 1.91. The number of fused-ring (bicyclic) bond motifs is 1. The van der Waals surface area contributed by atoms with Crippen molar-refractivity contribution in [2.75, 3.05) is 0 Å². The smallest absolute Gasteiger partial charge is 0.155 e. The van der Waals surface area contributed by atoms with Crippen molar-refractivity contribution >= 4 is 17.2 Å². The number of halogens is 1. The normalized spacial score (nSPS) is 10.7. The molecule has 0 radical (unpaired) electrons. The van der Waals surface area contributed by atoms with Crippen molar-refractivity contribution in [2.24, 2.45) is 0 Å². The fraction of sp³-hybridized carbons (Fsp3) is 0.133. The quantitative estimate of drug-likeness (QED) is 0.725. The van der Waals surface area contributed by atoms with E-state index in [-0.39, 0.29) is 0 Å². The van der Waals surface area contributed by atoms with E-state index in [0.29, 0.717) is 17.0 Å². The SMILES string of the molecule is Cc1cc2ncc(C#N)c(Cc3cccc(Cl)c3)n2n1. The molecule has 0 saturated carbocycles. The highest BCUT2D eigenvalue weighted by molar-refractivity contribution is 6.30. The highest BCUT2D eigenvalue weighted by Gasteiger charge is 2.11. The van der Waals surface area contributed by atoms with Crippen LogP contribution < -0.4 is 0 Å². The summed E-state index contributed by atoms with van der Waals surface area (Å²) in [5, 5.41) is 14.4. The molecule has 0 unspecified atom stereocenters. The minimum Gasteiger partial charge on any atom is -0.236 e. The third-order valence-electron chi connectivity index (χ3n) is 3.09. The van der Waals surface area contributed by atoms with Gasteiger partial charge in [-0.05, 0) is 24.6 Å². The molecule has 3 aromatic rings.